The number of aliphatic hydroxyl groups excluding tert-OH is 1. The summed E-state index contributed by atoms with van der Waals surface area (Å²) >= 11 is 0. The van der Waals surface area contributed by atoms with E-state index in [1.807, 2.05) is 0 Å². The number of unbranched alkanes of at least 4 members (excludes halogenated alkanes) is 1. The lowest BCUT2D eigenvalue weighted by Gasteiger charge is -2.33. The minimum atomic E-state index is 0.334. The summed E-state index contributed by atoms with van der Waals surface area (Å²) in [6.07, 6.45) is 7.72. The van der Waals surface area contributed by atoms with Gasteiger partial charge in [-0.05, 0) is 45.1 Å². The molecule has 0 unspecified atom stereocenters. The van der Waals surface area contributed by atoms with Crippen LogP contribution in [0.4, 0.5) is 0 Å². The number of rotatable bonds is 7. The highest BCUT2D eigenvalue weighted by Crippen LogP contribution is 2.27. The molecule has 0 bridgehead atoms. The van der Waals surface area contributed by atoms with Crippen molar-refractivity contribution in [1.29, 1.82) is 0 Å². The Labute approximate surface area is 121 Å². The fourth-order valence-electron chi connectivity index (χ4n) is 2.90. The van der Waals surface area contributed by atoms with Crippen molar-refractivity contribution in [2.45, 2.75) is 64.5 Å². The van der Waals surface area contributed by atoms with E-state index in [1.54, 1.807) is 0 Å². The third kappa shape index (κ3) is 4.28. The van der Waals surface area contributed by atoms with Gasteiger partial charge in [0.1, 0.15) is 0 Å². The van der Waals surface area contributed by atoms with E-state index >= 15 is 0 Å². The number of aryl methyl sites for hydroxylation is 1. The topological polar surface area (TPSA) is 62.4 Å². The van der Waals surface area contributed by atoms with E-state index in [9.17, 15) is 5.11 Å². The summed E-state index contributed by atoms with van der Waals surface area (Å²) in [5, 5.41) is 13.2. The second-order valence-corrected chi connectivity index (χ2v) is 5.98. The number of hydrogen-bond donors (Lipinski definition) is 1. The van der Waals surface area contributed by atoms with Gasteiger partial charge in [0.25, 0.3) is 0 Å². The fourth-order valence-corrected chi connectivity index (χ4v) is 2.90. The van der Waals surface area contributed by atoms with Crippen LogP contribution in [0.1, 0.15) is 57.2 Å². The summed E-state index contributed by atoms with van der Waals surface area (Å²) in [5.74, 6) is 2.06. The van der Waals surface area contributed by atoms with Crippen LogP contribution >= 0.6 is 0 Å². The Morgan fingerprint density at radius 3 is 2.70 bits per heavy atom. The largest absolute Gasteiger partial charge is 0.396 e. The predicted molar refractivity (Wildman–Crippen MR) is 77.2 cm³/mol. The molecule has 0 radical (unpaired) electrons. The lowest BCUT2D eigenvalue weighted by molar-refractivity contribution is 0.116. The molecule has 1 aromatic heterocycles. The van der Waals surface area contributed by atoms with Crippen LogP contribution in [0.2, 0.25) is 0 Å². The maximum absolute atomic E-state index is 9.18. The maximum Gasteiger partial charge on any atom is 0.240 e. The van der Waals surface area contributed by atoms with Crippen molar-refractivity contribution in [3.63, 3.8) is 0 Å². The average molecular weight is 281 g/mol. The van der Waals surface area contributed by atoms with Gasteiger partial charge >= 0.3 is 0 Å². The minimum absolute atomic E-state index is 0.334. The molecule has 1 heterocycles. The van der Waals surface area contributed by atoms with Crippen molar-refractivity contribution in [2.24, 2.45) is 5.92 Å². The van der Waals surface area contributed by atoms with Gasteiger partial charge in [0.15, 0.2) is 5.82 Å². The fraction of sp³-hybridized carbons (Fsp3) is 0.867. The van der Waals surface area contributed by atoms with E-state index in [0.29, 0.717) is 18.6 Å². The van der Waals surface area contributed by atoms with Gasteiger partial charge in [-0.2, -0.15) is 4.98 Å². The second kappa shape index (κ2) is 7.74. The summed E-state index contributed by atoms with van der Waals surface area (Å²) in [6.45, 7) is 3.23. The van der Waals surface area contributed by atoms with Crippen LogP contribution in [-0.4, -0.2) is 39.8 Å². The Morgan fingerprint density at radius 2 is 2.05 bits per heavy atom. The van der Waals surface area contributed by atoms with E-state index < -0.39 is 0 Å². The smallest absolute Gasteiger partial charge is 0.240 e. The van der Waals surface area contributed by atoms with Crippen LogP contribution < -0.4 is 0 Å². The lowest BCUT2D eigenvalue weighted by Crippen LogP contribution is -2.35. The molecule has 0 atom stereocenters. The zero-order valence-corrected chi connectivity index (χ0v) is 12.7. The maximum atomic E-state index is 9.18. The third-order valence-corrected chi connectivity index (χ3v) is 4.35. The summed E-state index contributed by atoms with van der Waals surface area (Å²) in [6, 6.07) is 0.573. The molecule has 5 heteroatoms. The highest BCUT2D eigenvalue weighted by Gasteiger charge is 2.24. The summed E-state index contributed by atoms with van der Waals surface area (Å²) in [7, 11) is 2.12. The molecule has 0 aromatic carbocycles. The van der Waals surface area contributed by atoms with E-state index in [-0.39, 0.29) is 0 Å². The molecule has 20 heavy (non-hydrogen) atoms. The van der Waals surface area contributed by atoms with Gasteiger partial charge in [0.2, 0.25) is 5.89 Å². The highest BCUT2D eigenvalue weighted by molar-refractivity contribution is 4.88. The monoisotopic (exact) mass is 281 g/mol. The van der Waals surface area contributed by atoms with E-state index in [4.69, 9.17) is 4.52 Å². The molecule has 1 fully saturated rings. The second-order valence-electron chi connectivity index (χ2n) is 5.98. The summed E-state index contributed by atoms with van der Waals surface area (Å²) < 4.78 is 5.32. The molecule has 1 N–H and O–H groups in total. The molecule has 1 aromatic rings. The van der Waals surface area contributed by atoms with Crippen LogP contribution in [0, 0.1) is 5.92 Å². The van der Waals surface area contributed by atoms with E-state index in [1.165, 1.54) is 0 Å². The van der Waals surface area contributed by atoms with Crippen molar-refractivity contribution >= 4 is 0 Å². The third-order valence-electron chi connectivity index (χ3n) is 4.35. The van der Waals surface area contributed by atoms with Gasteiger partial charge < -0.3 is 9.63 Å². The Hall–Kier alpha value is -0.940. The molecule has 1 aliphatic rings. The van der Waals surface area contributed by atoms with Crippen molar-refractivity contribution in [3.8, 4) is 0 Å². The van der Waals surface area contributed by atoms with E-state index in [2.05, 4.69) is 29.0 Å². The first-order chi connectivity index (χ1) is 9.72. The number of nitrogens with zero attached hydrogens (tertiary/aromatic N) is 3. The number of hydrogen-bond acceptors (Lipinski definition) is 5. The standard InChI is InChI=1S/C15H27N3O2/c1-3-4-5-14-16-15(20-17-14)10-18(2)13-8-6-12(11-19)7-9-13/h12-13,19H,3-11H2,1-2H3. The Morgan fingerprint density at radius 1 is 1.30 bits per heavy atom. The van der Waals surface area contributed by atoms with E-state index in [0.717, 1.165) is 63.2 Å². The SMILES string of the molecule is CCCCc1noc(CN(C)C2CCC(CO)CC2)n1. The molecule has 0 aliphatic heterocycles. The molecular weight excluding hydrogens is 254 g/mol. The Balaban J connectivity index is 1.79. The Kier molecular flexibility index (Phi) is 5.98. The van der Waals surface area contributed by atoms with Crippen LogP contribution in [0.3, 0.4) is 0 Å². The molecular formula is C15H27N3O2. The number of aliphatic hydroxyl groups is 1. The molecule has 0 saturated heterocycles. The van der Waals surface area contributed by atoms with Crippen molar-refractivity contribution in [2.75, 3.05) is 13.7 Å². The average Bonchev–Trinajstić information content (AvgIpc) is 2.92. The minimum Gasteiger partial charge on any atom is -0.396 e. The first-order valence-electron chi connectivity index (χ1n) is 7.85. The summed E-state index contributed by atoms with van der Waals surface area (Å²) in [4.78, 5) is 6.76. The molecule has 5 nitrogen and oxygen atoms in total. The van der Waals surface area contributed by atoms with Crippen LogP contribution in [0.5, 0.6) is 0 Å². The van der Waals surface area contributed by atoms with Gasteiger partial charge in [-0.1, -0.05) is 18.5 Å². The predicted octanol–water partition coefficient (Wildman–Crippen LogP) is 2.40. The molecule has 1 saturated carbocycles. The van der Waals surface area contributed by atoms with Gasteiger partial charge in [-0.15, -0.1) is 0 Å². The quantitative estimate of drug-likeness (QED) is 0.831. The zero-order valence-electron chi connectivity index (χ0n) is 12.7. The van der Waals surface area contributed by atoms with Gasteiger partial charge in [-0.25, -0.2) is 0 Å². The number of aromatic nitrogens is 2. The van der Waals surface area contributed by atoms with Crippen molar-refractivity contribution in [3.05, 3.63) is 11.7 Å². The zero-order chi connectivity index (χ0) is 14.4. The van der Waals surface area contributed by atoms with Crippen LogP contribution in [-0.2, 0) is 13.0 Å². The van der Waals surface area contributed by atoms with Crippen molar-refractivity contribution < 1.29 is 9.63 Å². The van der Waals surface area contributed by atoms with Gasteiger partial charge in [0.05, 0.1) is 6.54 Å². The molecule has 0 amide bonds. The molecule has 1 aliphatic carbocycles. The first kappa shape index (κ1) is 15.4. The highest BCUT2D eigenvalue weighted by atomic mass is 16.5. The van der Waals surface area contributed by atoms with Crippen LogP contribution in [0.15, 0.2) is 4.52 Å². The van der Waals surface area contributed by atoms with Crippen molar-refractivity contribution in [1.82, 2.24) is 15.0 Å². The molecule has 114 valence electrons. The lowest BCUT2D eigenvalue weighted by atomic mass is 9.86. The summed E-state index contributed by atoms with van der Waals surface area (Å²) in [5.41, 5.74) is 0. The molecule has 2 rings (SSSR count). The normalized spacial score (nSPS) is 23.4. The van der Waals surface area contributed by atoms with Crippen LogP contribution in [0.25, 0.3) is 0 Å². The van der Waals surface area contributed by atoms with Gasteiger partial charge in [-0.3, -0.25) is 4.90 Å². The molecule has 0 spiro atoms. The van der Waals surface area contributed by atoms with Gasteiger partial charge in [0, 0.05) is 19.1 Å². The first-order valence-corrected chi connectivity index (χ1v) is 7.85. The Bertz CT molecular complexity index is 386.